The van der Waals surface area contributed by atoms with Crippen LogP contribution in [0.2, 0.25) is 0 Å². The molecule has 4 heteroatoms. The third-order valence-corrected chi connectivity index (χ3v) is 3.43. The number of H-pyrrole nitrogens is 1. The largest absolute Gasteiger partial charge is 0.473 e. The van der Waals surface area contributed by atoms with Crippen LogP contribution < -0.4 is 0 Å². The van der Waals surface area contributed by atoms with Gasteiger partial charge in [-0.25, -0.2) is 9.98 Å². The van der Waals surface area contributed by atoms with Gasteiger partial charge in [0, 0.05) is 5.69 Å². The lowest BCUT2D eigenvalue weighted by molar-refractivity contribution is 0.287. The maximum absolute atomic E-state index is 5.95. The molecule has 1 fully saturated rings. The average Bonchev–Trinajstić information content (AvgIpc) is 3.18. The molecular weight excluding hydrogens is 250 g/mol. The number of aryl methyl sites for hydroxylation is 1. The van der Waals surface area contributed by atoms with Crippen molar-refractivity contribution in [3.63, 3.8) is 0 Å². The van der Waals surface area contributed by atoms with Gasteiger partial charge in [0.15, 0.2) is 0 Å². The first-order chi connectivity index (χ1) is 9.74. The molecule has 1 atom stereocenters. The zero-order valence-corrected chi connectivity index (χ0v) is 11.8. The summed E-state index contributed by atoms with van der Waals surface area (Å²) in [4.78, 5) is 12.2. The van der Waals surface area contributed by atoms with Gasteiger partial charge in [0.2, 0.25) is 5.90 Å². The normalized spacial score (nSPS) is 17.0. The summed E-state index contributed by atoms with van der Waals surface area (Å²) in [5.74, 6) is 0.655. The van der Waals surface area contributed by atoms with Gasteiger partial charge in [-0.2, -0.15) is 0 Å². The lowest BCUT2D eigenvalue weighted by atomic mass is 10.1. The summed E-state index contributed by atoms with van der Waals surface area (Å²) in [5, 5.41) is 0. The highest BCUT2D eigenvalue weighted by Crippen LogP contribution is 2.27. The number of aromatic nitrogens is 2. The molecule has 1 N–H and O–H groups in total. The summed E-state index contributed by atoms with van der Waals surface area (Å²) in [5.41, 5.74) is 2.99. The second kappa shape index (κ2) is 5.49. The Morgan fingerprint density at radius 2 is 2.10 bits per heavy atom. The Hall–Kier alpha value is -2.10. The Balaban J connectivity index is 1.88. The molecule has 104 valence electrons. The van der Waals surface area contributed by atoms with Crippen molar-refractivity contribution in [2.45, 2.75) is 38.8 Å². The predicted molar refractivity (Wildman–Crippen MR) is 78.8 cm³/mol. The molecule has 0 amide bonds. The van der Waals surface area contributed by atoms with Crippen LogP contribution in [0.5, 0.6) is 0 Å². The molecule has 1 aliphatic carbocycles. The first-order valence-corrected chi connectivity index (χ1v) is 7.04. The minimum Gasteiger partial charge on any atom is -0.473 e. The second-order valence-electron chi connectivity index (χ2n) is 5.21. The summed E-state index contributed by atoms with van der Waals surface area (Å²) >= 11 is 0. The number of hydrogen-bond donors (Lipinski definition) is 1. The van der Waals surface area contributed by atoms with E-state index in [9.17, 15) is 0 Å². The van der Waals surface area contributed by atoms with E-state index in [0.29, 0.717) is 12.0 Å². The minimum atomic E-state index is 0.0565. The summed E-state index contributed by atoms with van der Waals surface area (Å²) < 4.78 is 5.95. The fourth-order valence-corrected chi connectivity index (χ4v) is 2.05. The second-order valence-corrected chi connectivity index (χ2v) is 5.21. The number of aliphatic imine (C=N–C) groups is 1. The van der Waals surface area contributed by atoms with Crippen molar-refractivity contribution in [1.82, 2.24) is 9.97 Å². The molecule has 4 nitrogen and oxygen atoms in total. The number of aromatic amines is 1. The molecule has 0 saturated heterocycles. The zero-order chi connectivity index (χ0) is 13.9. The van der Waals surface area contributed by atoms with Gasteiger partial charge in [-0.3, -0.25) is 0 Å². The molecule has 1 aromatic carbocycles. The van der Waals surface area contributed by atoms with Crippen LogP contribution in [0.15, 0.2) is 41.7 Å². The summed E-state index contributed by atoms with van der Waals surface area (Å²) in [6, 6.07) is 10.3. The Labute approximate surface area is 118 Å². The van der Waals surface area contributed by atoms with E-state index in [1.807, 2.05) is 25.1 Å². The Morgan fingerprint density at radius 3 is 2.70 bits per heavy atom. The topological polar surface area (TPSA) is 50.3 Å². The number of imidazole rings is 1. The minimum absolute atomic E-state index is 0.0565. The van der Waals surface area contributed by atoms with Crippen LogP contribution in [0.4, 0.5) is 0 Å². The standard InChI is InChI=1S/C16H19N3O/c1-11(13-6-4-3-5-7-13)19-16(20-14-8-9-14)15-12(2)17-10-18-15/h3-7,10-11,14H,8-9H2,1-2H3,(H,17,18)/b19-16+. The van der Waals surface area contributed by atoms with E-state index >= 15 is 0 Å². The first kappa shape index (κ1) is 12.9. The van der Waals surface area contributed by atoms with Crippen molar-refractivity contribution < 1.29 is 4.74 Å². The molecule has 3 rings (SSSR count). The van der Waals surface area contributed by atoms with Gasteiger partial charge < -0.3 is 9.72 Å². The summed E-state index contributed by atoms with van der Waals surface area (Å²) in [6.45, 7) is 4.06. The molecule has 20 heavy (non-hydrogen) atoms. The van der Waals surface area contributed by atoms with Gasteiger partial charge in [0.1, 0.15) is 11.8 Å². The van der Waals surface area contributed by atoms with E-state index in [1.165, 1.54) is 5.56 Å². The van der Waals surface area contributed by atoms with Crippen LogP contribution in [0.1, 0.15) is 42.8 Å². The lowest BCUT2D eigenvalue weighted by Gasteiger charge is -2.12. The molecular formula is C16H19N3O. The molecule has 0 radical (unpaired) electrons. The molecule has 1 aliphatic rings. The van der Waals surface area contributed by atoms with E-state index < -0.39 is 0 Å². The van der Waals surface area contributed by atoms with E-state index in [2.05, 4.69) is 29.0 Å². The van der Waals surface area contributed by atoms with Crippen molar-refractivity contribution in [2.75, 3.05) is 0 Å². The fraction of sp³-hybridized carbons (Fsp3) is 0.375. The smallest absolute Gasteiger partial charge is 0.238 e. The molecule has 0 aliphatic heterocycles. The highest BCUT2D eigenvalue weighted by molar-refractivity contribution is 5.93. The molecule has 1 aromatic heterocycles. The monoisotopic (exact) mass is 269 g/mol. The Morgan fingerprint density at radius 1 is 1.35 bits per heavy atom. The molecule has 1 saturated carbocycles. The van der Waals surface area contributed by atoms with Crippen molar-refractivity contribution in [3.05, 3.63) is 53.6 Å². The van der Waals surface area contributed by atoms with Crippen molar-refractivity contribution in [2.24, 2.45) is 4.99 Å². The summed E-state index contributed by atoms with van der Waals surface area (Å²) in [7, 11) is 0. The quantitative estimate of drug-likeness (QED) is 0.683. The number of rotatable bonds is 4. The fourth-order valence-electron chi connectivity index (χ4n) is 2.05. The van der Waals surface area contributed by atoms with Gasteiger partial charge in [0.05, 0.1) is 12.4 Å². The third-order valence-electron chi connectivity index (χ3n) is 3.43. The number of nitrogens with zero attached hydrogens (tertiary/aromatic N) is 2. The van der Waals surface area contributed by atoms with Crippen LogP contribution >= 0.6 is 0 Å². The average molecular weight is 269 g/mol. The predicted octanol–water partition coefficient (Wildman–Crippen LogP) is 3.40. The maximum atomic E-state index is 5.95. The Kier molecular flexibility index (Phi) is 3.54. The number of ether oxygens (including phenoxy) is 1. The van der Waals surface area contributed by atoms with Crippen LogP contribution in [0.3, 0.4) is 0 Å². The van der Waals surface area contributed by atoms with Gasteiger partial charge >= 0.3 is 0 Å². The number of benzene rings is 1. The molecule has 2 aromatic rings. The Bertz CT molecular complexity index is 599. The summed E-state index contributed by atoms with van der Waals surface area (Å²) in [6.07, 6.45) is 4.22. The van der Waals surface area contributed by atoms with E-state index in [4.69, 9.17) is 9.73 Å². The lowest BCUT2D eigenvalue weighted by Crippen LogP contribution is -2.12. The van der Waals surface area contributed by atoms with Crippen molar-refractivity contribution >= 4 is 5.90 Å². The first-order valence-electron chi connectivity index (χ1n) is 7.04. The van der Waals surface area contributed by atoms with Crippen molar-refractivity contribution in [1.29, 1.82) is 0 Å². The van der Waals surface area contributed by atoms with Crippen LogP contribution in [0, 0.1) is 6.92 Å². The number of nitrogens with one attached hydrogen (secondary N) is 1. The van der Waals surface area contributed by atoms with Gasteiger partial charge in [-0.05, 0) is 32.3 Å². The zero-order valence-electron chi connectivity index (χ0n) is 11.8. The van der Waals surface area contributed by atoms with Crippen LogP contribution in [0.25, 0.3) is 0 Å². The van der Waals surface area contributed by atoms with Gasteiger partial charge in [-0.1, -0.05) is 30.3 Å². The number of hydrogen-bond acceptors (Lipinski definition) is 3. The molecule has 1 heterocycles. The maximum Gasteiger partial charge on any atom is 0.238 e. The highest BCUT2D eigenvalue weighted by Gasteiger charge is 2.27. The SMILES string of the molecule is Cc1[nH]cnc1/C(=N\C(C)c1ccccc1)OC1CC1. The van der Waals surface area contributed by atoms with Crippen LogP contribution in [-0.2, 0) is 4.74 Å². The van der Waals surface area contributed by atoms with Crippen LogP contribution in [-0.4, -0.2) is 22.0 Å². The molecule has 1 unspecified atom stereocenters. The van der Waals surface area contributed by atoms with E-state index in [-0.39, 0.29) is 6.04 Å². The molecule has 0 spiro atoms. The van der Waals surface area contributed by atoms with Crippen molar-refractivity contribution in [3.8, 4) is 0 Å². The molecule has 0 bridgehead atoms. The van der Waals surface area contributed by atoms with E-state index in [0.717, 1.165) is 24.2 Å². The van der Waals surface area contributed by atoms with E-state index in [1.54, 1.807) is 6.33 Å². The van der Waals surface area contributed by atoms with Gasteiger partial charge in [-0.15, -0.1) is 0 Å². The van der Waals surface area contributed by atoms with Gasteiger partial charge in [0.25, 0.3) is 0 Å². The third kappa shape index (κ3) is 2.90. The highest BCUT2D eigenvalue weighted by atomic mass is 16.5.